The Morgan fingerprint density at radius 1 is 1.57 bits per heavy atom. The summed E-state index contributed by atoms with van der Waals surface area (Å²) in [4.78, 5) is 0. The Morgan fingerprint density at radius 3 is 2.71 bits per heavy atom. The second-order valence-corrected chi connectivity index (χ2v) is 1.46. The van der Waals surface area contributed by atoms with Crippen molar-refractivity contribution in [3.63, 3.8) is 0 Å². The molecule has 0 aromatic carbocycles. The van der Waals surface area contributed by atoms with Crippen molar-refractivity contribution in [3.05, 3.63) is 12.2 Å². The molecule has 0 aliphatic heterocycles. The van der Waals surface area contributed by atoms with Gasteiger partial charge in [0.2, 0.25) is 0 Å². The van der Waals surface area contributed by atoms with E-state index in [1.807, 2.05) is 14.0 Å². The van der Waals surface area contributed by atoms with Crippen molar-refractivity contribution in [2.24, 2.45) is 0 Å². The molecule has 42 valence electrons. The Morgan fingerprint density at radius 2 is 2.29 bits per heavy atom. The molecular weight excluding hydrogens is 86.1 g/mol. The first-order valence-corrected chi connectivity index (χ1v) is 2.67. The lowest BCUT2D eigenvalue weighted by atomic mass is 10.4. The molecule has 0 spiro atoms. The predicted molar refractivity (Wildman–Crippen MR) is 33.4 cm³/mol. The molecule has 7 heavy (non-hydrogen) atoms. The molecule has 0 radical (unpaired) electrons. The number of hydrogen-bond acceptors (Lipinski definition) is 1. The summed E-state index contributed by atoms with van der Waals surface area (Å²) in [5.74, 6) is 0. The molecule has 1 heteroatoms. The largest absolute Gasteiger partial charge is 0.319 e. The number of allylic oxidation sites excluding steroid dienone is 1. The summed E-state index contributed by atoms with van der Waals surface area (Å²) >= 11 is 0. The standard InChI is InChI=1S/C6H13N/c1-3-4-5-6-7-2/h3-4,7H,5-6H2,1-2H3/b4-3-. The van der Waals surface area contributed by atoms with E-state index in [0.717, 1.165) is 13.0 Å². The summed E-state index contributed by atoms with van der Waals surface area (Å²) in [6.45, 7) is 3.12. The fourth-order valence-corrected chi connectivity index (χ4v) is 0.394. The third-order valence-electron chi connectivity index (χ3n) is 0.797. The zero-order chi connectivity index (χ0) is 5.54. The normalized spacial score (nSPS) is 10.6. The van der Waals surface area contributed by atoms with Gasteiger partial charge >= 0.3 is 0 Å². The third kappa shape index (κ3) is 5.70. The highest BCUT2D eigenvalue weighted by Crippen LogP contribution is 1.76. The van der Waals surface area contributed by atoms with Crippen LogP contribution in [0.1, 0.15) is 13.3 Å². The predicted octanol–water partition coefficient (Wildman–Crippen LogP) is 1.17. The first-order valence-electron chi connectivity index (χ1n) is 2.67. The molecule has 0 heterocycles. The van der Waals surface area contributed by atoms with Crippen LogP contribution in [0.25, 0.3) is 0 Å². The second-order valence-electron chi connectivity index (χ2n) is 1.46. The van der Waals surface area contributed by atoms with E-state index in [2.05, 4.69) is 17.5 Å². The van der Waals surface area contributed by atoms with Crippen LogP contribution in [0.2, 0.25) is 0 Å². The van der Waals surface area contributed by atoms with Crippen LogP contribution in [0.15, 0.2) is 12.2 Å². The molecule has 0 aliphatic rings. The summed E-state index contributed by atoms with van der Waals surface area (Å²) in [6, 6.07) is 0. The van der Waals surface area contributed by atoms with Gasteiger partial charge in [0.05, 0.1) is 0 Å². The van der Waals surface area contributed by atoms with Gasteiger partial charge in [-0.15, -0.1) is 0 Å². The molecule has 0 aromatic heterocycles. The van der Waals surface area contributed by atoms with Crippen molar-refractivity contribution in [1.29, 1.82) is 0 Å². The highest BCUT2D eigenvalue weighted by Gasteiger charge is 1.70. The molecular formula is C6H13N. The second kappa shape index (κ2) is 5.70. The van der Waals surface area contributed by atoms with Gasteiger partial charge in [-0.05, 0) is 26.9 Å². The van der Waals surface area contributed by atoms with Gasteiger partial charge in [-0.25, -0.2) is 0 Å². The van der Waals surface area contributed by atoms with E-state index >= 15 is 0 Å². The number of nitrogens with one attached hydrogen (secondary N) is 1. The molecule has 0 aromatic rings. The van der Waals surface area contributed by atoms with E-state index in [9.17, 15) is 0 Å². The fourth-order valence-electron chi connectivity index (χ4n) is 0.394. The molecule has 1 N–H and O–H groups in total. The monoisotopic (exact) mass is 99.1 g/mol. The Bertz CT molecular complexity index is 48.1. The van der Waals surface area contributed by atoms with E-state index in [-0.39, 0.29) is 0 Å². The van der Waals surface area contributed by atoms with Crippen molar-refractivity contribution < 1.29 is 0 Å². The molecule has 0 fully saturated rings. The lowest BCUT2D eigenvalue weighted by Crippen LogP contribution is -2.05. The maximum Gasteiger partial charge on any atom is -0.00173 e. The van der Waals surface area contributed by atoms with Crippen molar-refractivity contribution in [1.82, 2.24) is 5.32 Å². The smallest absolute Gasteiger partial charge is 0.00173 e. The molecule has 0 aliphatic carbocycles. The van der Waals surface area contributed by atoms with Crippen LogP contribution >= 0.6 is 0 Å². The van der Waals surface area contributed by atoms with Gasteiger partial charge < -0.3 is 5.32 Å². The van der Waals surface area contributed by atoms with Crippen LogP contribution < -0.4 is 5.32 Å². The minimum atomic E-state index is 1.09. The molecule has 0 atom stereocenters. The molecule has 1 nitrogen and oxygen atoms in total. The minimum Gasteiger partial charge on any atom is -0.319 e. The van der Waals surface area contributed by atoms with Crippen molar-refractivity contribution in [3.8, 4) is 0 Å². The van der Waals surface area contributed by atoms with E-state index in [1.54, 1.807) is 0 Å². The van der Waals surface area contributed by atoms with Crippen LogP contribution in [-0.4, -0.2) is 13.6 Å². The van der Waals surface area contributed by atoms with Gasteiger partial charge in [0.15, 0.2) is 0 Å². The van der Waals surface area contributed by atoms with Crippen LogP contribution in [0.4, 0.5) is 0 Å². The fraction of sp³-hybridized carbons (Fsp3) is 0.667. The van der Waals surface area contributed by atoms with Gasteiger partial charge in [-0.1, -0.05) is 12.2 Å². The minimum absolute atomic E-state index is 1.09. The lowest BCUT2D eigenvalue weighted by molar-refractivity contribution is 0.807. The van der Waals surface area contributed by atoms with E-state index in [4.69, 9.17) is 0 Å². The maximum atomic E-state index is 3.05. The Balaban J connectivity index is 2.69. The first kappa shape index (κ1) is 6.70. The quantitative estimate of drug-likeness (QED) is 0.413. The summed E-state index contributed by atoms with van der Waals surface area (Å²) in [5, 5.41) is 3.05. The van der Waals surface area contributed by atoms with Gasteiger partial charge in [-0.3, -0.25) is 0 Å². The summed E-state index contributed by atoms with van der Waals surface area (Å²) in [7, 11) is 1.96. The third-order valence-corrected chi connectivity index (χ3v) is 0.797. The van der Waals surface area contributed by atoms with Crippen LogP contribution in [0, 0.1) is 0 Å². The summed E-state index contributed by atoms with van der Waals surface area (Å²) < 4.78 is 0. The highest BCUT2D eigenvalue weighted by molar-refractivity contribution is 4.76. The average molecular weight is 99.2 g/mol. The van der Waals surface area contributed by atoms with Crippen LogP contribution in [0.5, 0.6) is 0 Å². The maximum absolute atomic E-state index is 3.05. The Hall–Kier alpha value is -0.300. The SMILES string of the molecule is C/C=C\CCNC. The first-order chi connectivity index (χ1) is 3.41. The van der Waals surface area contributed by atoms with Crippen molar-refractivity contribution >= 4 is 0 Å². The molecule has 0 rings (SSSR count). The topological polar surface area (TPSA) is 12.0 Å². The van der Waals surface area contributed by atoms with E-state index in [1.165, 1.54) is 0 Å². The van der Waals surface area contributed by atoms with Crippen molar-refractivity contribution in [2.75, 3.05) is 13.6 Å². The number of hydrogen-bond donors (Lipinski definition) is 1. The highest BCUT2D eigenvalue weighted by atomic mass is 14.8. The molecule has 0 bridgehead atoms. The average Bonchev–Trinajstić information content (AvgIpc) is 1.69. The van der Waals surface area contributed by atoms with Crippen LogP contribution in [0.3, 0.4) is 0 Å². The number of rotatable bonds is 3. The Labute approximate surface area is 45.4 Å². The van der Waals surface area contributed by atoms with Gasteiger partial charge in [0, 0.05) is 0 Å². The molecule has 0 amide bonds. The zero-order valence-electron chi connectivity index (χ0n) is 5.07. The van der Waals surface area contributed by atoms with E-state index in [0.29, 0.717) is 0 Å². The van der Waals surface area contributed by atoms with Gasteiger partial charge in [-0.2, -0.15) is 0 Å². The van der Waals surface area contributed by atoms with E-state index < -0.39 is 0 Å². The van der Waals surface area contributed by atoms with Gasteiger partial charge in [0.25, 0.3) is 0 Å². The van der Waals surface area contributed by atoms with Crippen LogP contribution in [-0.2, 0) is 0 Å². The summed E-state index contributed by atoms with van der Waals surface area (Å²) in [6.07, 6.45) is 5.36. The Kier molecular flexibility index (Phi) is 5.46. The summed E-state index contributed by atoms with van der Waals surface area (Å²) in [5.41, 5.74) is 0. The molecule has 0 saturated heterocycles. The van der Waals surface area contributed by atoms with Gasteiger partial charge in [0.1, 0.15) is 0 Å². The lowest BCUT2D eigenvalue weighted by Gasteiger charge is -1.87. The zero-order valence-corrected chi connectivity index (χ0v) is 5.07. The molecule has 0 saturated carbocycles. The molecule has 0 unspecified atom stereocenters. The van der Waals surface area contributed by atoms with Crippen molar-refractivity contribution in [2.45, 2.75) is 13.3 Å².